The largest absolute Gasteiger partial charge is 0.463 e. The summed E-state index contributed by atoms with van der Waals surface area (Å²) in [5.74, 6) is -0.386. The number of carbonyl (C=O) groups is 2. The van der Waals surface area contributed by atoms with Crippen molar-refractivity contribution in [3.63, 3.8) is 0 Å². The molecular formula is C25H26N4O4. The molecule has 4 rings (SSSR count). The second-order valence-corrected chi connectivity index (χ2v) is 8.18. The summed E-state index contributed by atoms with van der Waals surface area (Å²) >= 11 is 0. The number of pyridine rings is 1. The lowest BCUT2D eigenvalue weighted by Crippen LogP contribution is -2.37. The second kappa shape index (κ2) is 9.28. The van der Waals surface area contributed by atoms with Crippen molar-refractivity contribution in [1.29, 1.82) is 0 Å². The second-order valence-electron chi connectivity index (χ2n) is 8.18. The number of aromatic nitrogens is 3. The molecule has 3 heterocycles. The number of hydrogen-bond donors (Lipinski definition) is 0. The molecule has 0 N–H and O–H groups in total. The molecule has 0 aliphatic carbocycles. The van der Waals surface area contributed by atoms with Crippen molar-refractivity contribution < 1.29 is 18.7 Å². The van der Waals surface area contributed by atoms with E-state index in [1.54, 1.807) is 54.2 Å². The third kappa shape index (κ3) is 4.64. The standard InChI is InChI=1S/C25H26N4O4/c1-16(2)29-23-20(14-26-29)19(13-21(27-23)22-11-8-12-32-22)25(31)33-17(3)24(30)28(4)15-18-9-6-5-7-10-18/h5-14,16-17H,15H2,1-4H3. The van der Waals surface area contributed by atoms with Gasteiger partial charge in [-0.3, -0.25) is 4.79 Å². The summed E-state index contributed by atoms with van der Waals surface area (Å²) in [4.78, 5) is 32.2. The van der Waals surface area contributed by atoms with Crippen LogP contribution in [0.15, 0.2) is 65.4 Å². The number of esters is 1. The van der Waals surface area contributed by atoms with E-state index in [1.165, 1.54) is 0 Å². The van der Waals surface area contributed by atoms with Crippen LogP contribution in [-0.2, 0) is 16.1 Å². The average Bonchev–Trinajstić information content (AvgIpc) is 3.48. The Balaban J connectivity index is 1.60. The molecule has 0 saturated heterocycles. The number of likely N-dealkylation sites (N-methyl/N-ethyl adjacent to an activating group) is 1. The molecule has 1 atom stereocenters. The molecule has 1 unspecified atom stereocenters. The van der Waals surface area contributed by atoms with Crippen LogP contribution in [0.3, 0.4) is 0 Å². The number of nitrogens with zero attached hydrogens (tertiary/aromatic N) is 4. The Morgan fingerprint density at radius 3 is 2.55 bits per heavy atom. The Labute approximate surface area is 191 Å². The number of rotatable bonds is 7. The summed E-state index contributed by atoms with van der Waals surface area (Å²) < 4.78 is 12.8. The Morgan fingerprint density at radius 1 is 1.12 bits per heavy atom. The normalized spacial score (nSPS) is 12.2. The van der Waals surface area contributed by atoms with E-state index in [-0.39, 0.29) is 17.5 Å². The number of ether oxygens (including phenoxy) is 1. The number of benzene rings is 1. The molecule has 4 aromatic rings. The van der Waals surface area contributed by atoms with E-state index in [0.29, 0.717) is 29.0 Å². The van der Waals surface area contributed by atoms with Crippen molar-refractivity contribution in [3.05, 3.63) is 72.1 Å². The zero-order valence-corrected chi connectivity index (χ0v) is 19.1. The van der Waals surface area contributed by atoms with Crippen LogP contribution in [0.5, 0.6) is 0 Å². The first kappa shape index (κ1) is 22.3. The molecule has 0 aliphatic rings. The Morgan fingerprint density at radius 2 is 1.88 bits per heavy atom. The fraction of sp³-hybridized carbons (Fsp3) is 0.280. The summed E-state index contributed by atoms with van der Waals surface area (Å²) in [6, 6.07) is 14.8. The molecule has 1 amide bonds. The van der Waals surface area contributed by atoms with Crippen LogP contribution in [0, 0.1) is 0 Å². The molecular weight excluding hydrogens is 420 g/mol. The molecule has 1 aromatic carbocycles. The topological polar surface area (TPSA) is 90.5 Å². The quantitative estimate of drug-likeness (QED) is 0.389. The number of amides is 1. The number of carbonyl (C=O) groups excluding carboxylic acids is 2. The van der Waals surface area contributed by atoms with Crippen LogP contribution >= 0.6 is 0 Å². The van der Waals surface area contributed by atoms with Gasteiger partial charge in [0.1, 0.15) is 5.69 Å². The molecule has 8 nitrogen and oxygen atoms in total. The minimum absolute atomic E-state index is 0.0397. The van der Waals surface area contributed by atoms with Crippen molar-refractivity contribution in [2.75, 3.05) is 7.05 Å². The van der Waals surface area contributed by atoms with Crippen molar-refractivity contribution >= 4 is 22.9 Å². The van der Waals surface area contributed by atoms with Crippen LogP contribution in [-0.4, -0.2) is 44.7 Å². The fourth-order valence-electron chi connectivity index (χ4n) is 3.64. The molecule has 8 heteroatoms. The number of fused-ring (bicyclic) bond motifs is 1. The van der Waals surface area contributed by atoms with E-state index in [4.69, 9.17) is 9.15 Å². The Bertz CT molecular complexity index is 1260. The van der Waals surface area contributed by atoms with Gasteiger partial charge in [0.25, 0.3) is 5.91 Å². The monoisotopic (exact) mass is 446 g/mol. The van der Waals surface area contributed by atoms with Crippen molar-refractivity contribution in [1.82, 2.24) is 19.7 Å². The lowest BCUT2D eigenvalue weighted by molar-refractivity contribution is -0.139. The van der Waals surface area contributed by atoms with Crippen LogP contribution in [0.4, 0.5) is 0 Å². The number of furan rings is 1. The van der Waals surface area contributed by atoms with Gasteiger partial charge in [-0.1, -0.05) is 30.3 Å². The summed E-state index contributed by atoms with van der Waals surface area (Å²) in [5, 5.41) is 4.95. The summed E-state index contributed by atoms with van der Waals surface area (Å²) in [5.41, 5.74) is 2.31. The van der Waals surface area contributed by atoms with E-state index in [2.05, 4.69) is 10.1 Å². The Kier molecular flexibility index (Phi) is 6.26. The highest BCUT2D eigenvalue weighted by Gasteiger charge is 2.25. The molecule has 170 valence electrons. The van der Waals surface area contributed by atoms with Gasteiger partial charge in [0.05, 0.1) is 23.4 Å². The highest BCUT2D eigenvalue weighted by Crippen LogP contribution is 2.27. The molecule has 0 fully saturated rings. The van der Waals surface area contributed by atoms with Crippen LogP contribution in [0.25, 0.3) is 22.5 Å². The van der Waals surface area contributed by atoms with E-state index in [0.717, 1.165) is 5.56 Å². The summed E-state index contributed by atoms with van der Waals surface area (Å²) in [7, 11) is 1.69. The first-order chi connectivity index (χ1) is 15.8. The number of hydrogen-bond acceptors (Lipinski definition) is 6. The zero-order valence-electron chi connectivity index (χ0n) is 19.1. The van der Waals surface area contributed by atoms with Gasteiger partial charge in [0, 0.05) is 19.6 Å². The van der Waals surface area contributed by atoms with Crippen molar-refractivity contribution in [3.8, 4) is 11.5 Å². The lowest BCUT2D eigenvalue weighted by atomic mass is 10.1. The van der Waals surface area contributed by atoms with E-state index in [1.807, 2.05) is 44.2 Å². The van der Waals surface area contributed by atoms with Gasteiger partial charge in [-0.15, -0.1) is 0 Å². The highest BCUT2D eigenvalue weighted by molar-refractivity contribution is 6.04. The summed E-state index contributed by atoms with van der Waals surface area (Å²) in [6.45, 7) is 5.96. The fourth-order valence-corrected chi connectivity index (χ4v) is 3.64. The van der Waals surface area contributed by atoms with Gasteiger partial charge in [0.15, 0.2) is 17.5 Å². The molecule has 3 aromatic heterocycles. The van der Waals surface area contributed by atoms with Crippen molar-refractivity contribution in [2.24, 2.45) is 0 Å². The third-order valence-corrected chi connectivity index (χ3v) is 5.32. The van der Waals surface area contributed by atoms with E-state index in [9.17, 15) is 9.59 Å². The van der Waals surface area contributed by atoms with Crippen LogP contribution in [0.2, 0.25) is 0 Å². The smallest absolute Gasteiger partial charge is 0.339 e. The predicted octanol–water partition coefficient (Wildman–Crippen LogP) is 4.48. The average molecular weight is 447 g/mol. The van der Waals surface area contributed by atoms with E-state index >= 15 is 0 Å². The molecule has 0 bridgehead atoms. The maximum atomic E-state index is 13.2. The highest BCUT2D eigenvalue weighted by atomic mass is 16.5. The third-order valence-electron chi connectivity index (χ3n) is 5.32. The van der Waals surface area contributed by atoms with Gasteiger partial charge < -0.3 is 14.1 Å². The van der Waals surface area contributed by atoms with Gasteiger partial charge in [-0.25, -0.2) is 14.5 Å². The lowest BCUT2D eigenvalue weighted by Gasteiger charge is -2.21. The maximum absolute atomic E-state index is 13.2. The minimum atomic E-state index is -0.957. The first-order valence-electron chi connectivity index (χ1n) is 10.8. The molecule has 33 heavy (non-hydrogen) atoms. The minimum Gasteiger partial charge on any atom is -0.463 e. The molecule has 0 saturated carbocycles. The molecule has 0 spiro atoms. The zero-order chi connectivity index (χ0) is 23.5. The van der Waals surface area contributed by atoms with Gasteiger partial charge >= 0.3 is 5.97 Å². The predicted molar refractivity (Wildman–Crippen MR) is 123 cm³/mol. The van der Waals surface area contributed by atoms with Crippen LogP contribution < -0.4 is 0 Å². The van der Waals surface area contributed by atoms with E-state index < -0.39 is 12.1 Å². The van der Waals surface area contributed by atoms with Gasteiger partial charge in [0.2, 0.25) is 0 Å². The molecule has 0 aliphatic heterocycles. The molecule has 0 radical (unpaired) electrons. The van der Waals surface area contributed by atoms with Gasteiger partial charge in [-0.05, 0) is 44.5 Å². The maximum Gasteiger partial charge on any atom is 0.339 e. The van der Waals surface area contributed by atoms with Crippen molar-refractivity contribution in [2.45, 2.75) is 39.5 Å². The Hall–Kier alpha value is -3.94. The van der Waals surface area contributed by atoms with Crippen LogP contribution in [0.1, 0.15) is 42.7 Å². The summed E-state index contributed by atoms with van der Waals surface area (Å²) in [6.07, 6.45) is 2.18. The SMILES string of the molecule is CC(OC(=O)c1cc(-c2ccco2)nc2c1cnn2C(C)C)C(=O)N(C)Cc1ccccc1. The van der Waals surface area contributed by atoms with Gasteiger partial charge in [-0.2, -0.15) is 5.10 Å². The first-order valence-corrected chi connectivity index (χ1v) is 10.8.